The zero-order valence-corrected chi connectivity index (χ0v) is 14.8. The number of aliphatic hydroxyl groups is 1. The lowest BCUT2D eigenvalue weighted by Gasteiger charge is -2.46. The third-order valence-corrected chi connectivity index (χ3v) is 5.35. The van der Waals surface area contributed by atoms with Crippen molar-refractivity contribution in [3.05, 3.63) is 48.6 Å². The molecule has 1 rings (SSSR count). The van der Waals surface area contributed by atoms with Gasteiger partial charge in [-0.15, -0.1) is 6.58 Å². The molecule has 0 amide bonds. The van der Waals surface area contributed by atoms with Crippen LogP contribution in [0.1, 0.15) is 47.0 Å². The number of rotatable bonds is 6. The van der Waals surface area contributed by atoms with E-state index in [4.69, 9.17) is 5.11 Å². The molecule has 3 heteroatoms. The van der Waals surface area contributed by atoms with Gasteiger partial charge in [-0.05, 0) is 57.3 Å². The normalized spacial score (nSPS) is 31.6. The summed E-state index contributed by atoms with van der Waals surface area (Å²) in [6.07, 6.45) is 9.61. The molecule has 23 heavy (non-hydrogen) atoms. The molecule has 0 spiro atoms. The summed E-state index contributed by atoms with van der Waals surface area (Å²) in [5.74, 6) is -0.530. The van der Waals surface area contributed by atoms with Crippen LogP contribution in [0.2, 0.25) is 0 Å². The number of carbonyl (C=O) groups is 1. The third-order valence-electron chi connectivity index (χ3n) is 5.35. The van der Waals surface area contributed by atoms with E-state index in [1.54, 1.807) is 19.1 Å². The topological polar surface area (TPSA) is 57.5 Å². The smallest absolute Gasteiger partial charge is 0.331 e. The summed E-state index contributed by atoms with van der Waals surface area (Å²) in [7, 11) is 0. The minimum Gasteiger partial charge on any atom is -0.478 e. The zero-order chi connectivity index (χ0) is 17.8. The molecule has 3 nitrogen and oxygen atoms in total. The molecule has 1 aliphatic rings. The Balaban J connectivity index is 2.92. The number of aliphatic carboxylic acids is 1. The Bertz CT molecular complexity index is 539. The molecule has 4 unspecified atom stereocenters. The highest BCUT2D eigenvalue weighted by Crippen LogP contribution is 2.49. The van der Waals surface area contributed by atoms with Crippen molar-refractivity contribution in [1.82, 2.24) is 0 Å². The highest BCUT2D eigenvalue weighted by molar-refractivity contribution is 5.86. The zero-order valence-electron chi connectivity index (χ0n) is 14.8. The van der Waals surface area contributed by atoms with E-state index < -0.39 is 11.6 Å². The van der Waals surface area contributed by atoms with Crippen LogP contribution in [0.25, 0.3) is 0 Å². The SMILES string of the molecule is C=CC1(C)CCC(C(C)(O)C=CC=C(C)C(=O)O)CC1C(=C)C. The lowest BCUT2D eigenvalue weighted by molar-refractivity contribution is -0.132. The van der Waals surface area contributed by atoms with Gasteiger partial charge in [-0.25, -0.2) is 4.79 Å². The van der Waals surface area contributed by atoms with Crippen molar-refractivity contribution in [1.29, 1.82) is 0 Å². The minimum absolute atomic E-state index is 0.0297. The first kappa shape index (κ1) is 19.4. The first-order valence-electron chi connectivity index (χ1n) is 8.14. The molecule has 0 saturated heterocycles. The van der Waals surface area contributed by atoms with Crippen LogP contribution in [-0.2, 0) is 4.79 Å². The number of carboxylic acid groups (broad SMARTS) is 1. The molecule has 0 radical (unpaired) electrons. The summed E-state index contributed by atoms with van der Waals surface area (Å²) >= 11 is 0. The van der Waals surface area contributed by atoms with Gasteiger partial charge in [-0.2, -0.15) is 0 Å². The standard InChI is InChI=1S/C20H30O3/c1-7-19(5)12-10-16(13-17(19)14(2)3)20(6,23)11-8-9-15(4)18(21)22/h7-9,11,16-17,23H,1-2,10,12-13H2,3-6H3,(H,21,22). The van der Waals surface area contributed by atoms with E-state index in [0.717, 1.165) is 24.8 Å². The Morgan fingerprint density at radius 1 is 1.39 bits per heavy atom. The van der Waals surface area contributed by atoms with E-state index in [0.29, 0.717) is 5.92 Å². The second-order valence-electron chi connectivity index (χ2n) is 7.32. The average molecular weight is 318 g/mol. The van der Waals surface area contributed by atoms with Gasteiger partial charge in [0, 0.05) is 5.57 Å². The molecule has 0 aromatic heterocycles. The van der Waals surface area contributed by atoms with Crippen LogP contribution in [0.5, 0.6) is 0 Å². The Kier molecular flexibility index (Phi) is 6.18. The van der Waals surface area contributed by atoms with Crippen molar-refractivity contribution < 1.29 is 15.0 Å². The molecule has 1 fully saturated rings. The Labute approximate surface area is 140 Å². The molecular weight excluding hydrogens is 288 g/mol. The van der Waals surface area contributed by atoms with Gasteiger partial charge in [0.2, 0.25) is 0 Å². The summed E-state index contributed by atoms with van der Waals surface area (Å²) in [5.41, 5.74) is 0.436. The van der Waals surface area contributed by atoms with Crippen LogP contribution in [0.4, 0.5) is 0 Å². The number of hydrogen-bond donors (Lipinski definition) is 2. The maximum absolute atomic E-state index is 10.8. The second-order valence-corrected chi connectivity index (χ2v) is 7.32. The maximum atomic E-state index is 10.8. The van der Waals surface area contributed by atoms with E-state index in [9.17, 15) is 9.90 Å². The highest BCUT2D eigenvalue weighted by atomic mass is 16.4. The van der Waals surface area contributed by atoms with Gasteiger partial charge in [0.1, 0.15) is 0 Å². The molecule has 1 saturated carbocycles. The van der Waals surface area contributed by atoms with Crippen molar-refractivity contribution in [2.24, 2.45) is 17.3 Å². The Hall–Kier alpha value is -1.61. The first-order chi connectivity index (χ1) is 10.5. The largest absolute Gasteiger partial charge is 0.478 e. The number of allylic oxidation sites excluding steroid dienone is 4. The summed E-state index contributed by atoms with van der Waals surface area (Å²) in [4.78, 5) is 10.8. The van der Waals surface area contributed by atoms with Crippen molar-refractivity contribution >= 4 is 5.97 Å². The summed E-state index contributed by atoms with van der Waals surface area (Å²) in [5, 5.41) is 19.7. The lowest BCUT2D eigenvalue weighted by Crippen LogP contribution is -2.42. The first-order valence-corrected chi connectivity index (χ1v) is 8.14. The van der Waals surface area contributed by atoms with Gasteiger partial charge in [0.25, 0.3) is 0 Å². The van der Waals surface area contributed by atoms with E-state index in [2.05, 4.69) is 20.1 Å². The lowest BCUT2D eigenvalue weighted by atomic mass is 9.59. The van der Waals surface area contributed by atoms with E-state index in [1.807, 2.05) is 13.0 Å². The van der Waals surface area contributed by atoms with Crippen LogP contribution in [0.3, 0.4) is 0 Å². The molecule has 1 aliphatic carbocycles. The molecule has 0 heterocycles. The Morgan fingerprint density at radius 2 is 2.00 bits per heavy atom. The van der Waals surface area contributed by atoms with Crippen LogP contribution < -0.4 is 0 Å². The second kappa shape index (κ2) is 7.31. The molecule has 0 bridgehead atoms. The fourth-order valence-corrected chi connectivity index (χ4v) is 3.46. The summed E-state index contributed by atoms with van der Waals surface area (Å²) in [6, 6.07) is 0. The monoisotopic (exact) mass is 318 g/mol. The minimum atomic E-state index is -0.967. The predicted molar refractivity (Wildman–Crippen MR) is 95.1 cm³/mol. The number of hydrogen-bond acceptors (Lipinski definition) is 2. The molecule has 0 aromatic carbocycles. The predicted octanol–water partition coefficient (Wildman–Crippen LogP) is 4.51. The van der Waals surface area contributed by atoms with Crippen molar-refractivity contribution in [3.8, 4) is 0 Å². The summed E-state index contributed by atoms with van der Waals surface area (Å²) in [6.45, 7) is 15.7. The van der Waals surface area contributed by atoms with Gasteiger partial charge in [-0.1, -0.05) is 43.4 Å². The van der Waals surface area contributed by atoms with Gasteiger partial charge in [0.05, 0.1) is 5.60 Å². The van der Waals surface area contributed by atoms with Crippen LogP contribution >= 0.6 is 0 Å². The molecule has 0 aliphatic heterocycles. The molecule has 4 atom stereocenters. The van der Waals surface area contributed by atoms with Crippen molar-refractivity contribution in [2.45, 2.75) is 52.6 Å². The summed E-state index contributed by atoms with van der Waals surface area (Å²) < 4.78 is 0. The number of carboxylic acids is 1. The van der Waals surface area contributed by atoms with Gasteiger partial charge < -0.3 is 10.2 Å². The van der Waals surface area contributed by atoms with Crippen molar-refractivity contribution in [3.63, 3.8) is 0 Å². The molecule has 2 N–H and O–H groups in total. The van der Waals surface area contributed by atoms with Gasteiger partial charge in [-0.3, -0.25) is 0 Å². The average Bonchev–Trinajstić information content (AvgIpc) is 2.46. The van der Waals surface area contributed by atoms with E-state index >= 15 is 0 Å². The molecule has 0 aromatic rings. The van der Waals surface area contributed by atoms with Crippen LogP contribution in [0, 0.1) is 17.3 Å². The van der Waals surface area contributed by atoms with Gasteiger partial charge in [0.15, 0.2) is 0 Å². The van der Waals surface area contributed by atoms with Crippen LogP contribution in [0.15, 0.2) is 48.6 Å². The Morgan fingerprint density at radius 3 is 2.48 bits per heavy atom. The maximum Gasteiger partial charge on any atom is 0.331 e. The quantitative estimate of drug-likeness (QED) is 0.430. The third kappa shape index (κ3) is 4.68. The fourth-order valence-electron chi connectivity index (χ4n) is 3.46. The fraction of sp³-hybridized carbons (Fsp3) is 0.550. The van der Waals surface area contributed by atoms with Gasteiger partial charge >= 0.3 is 5.97 Å². The highest BCUT2D eigenvalue weighted by Gasteiger charge is 2.43. The van der Waals surface area contributed by atoms with E-state index in [-0.39, 0.29) is 16.9 Å². The van der Waals surface area contributed by atoms with E-state index in [1.165, 1.54) is 13.0 Å². The molecular formula is C20H30O3. The molecule has 128 valence electrons. The van der Waals surface area contributed by atoms with Crippen molar-refractivity contribution in [2.75, 3.05) is 0 Å². The van der Waals surface area contributed by atoms with Crippen LogP contribution in [-0.4, -0.2) is 21.8 Å².